The summed E-state index contributed by atoms with van der Waals surface area (Å²) < 4.78 is 10.4. The first-order valence-corrected chi connectivity index (χ1v) is 8.18. The van der Waals surface area contributed by atoms with Crippen molar-refractivity contribution in [2.75, 3.05) is 13.7 Å². The van der Waals surface area contributed by atoms with Crippen molar-refractivity contribution in [3.8, 4) is 16.9 Å². The van der Waals surface area contributed by atoms with E-state index in [-0.39, 0.29) is 5.97 Å². The summed E-state index contributed by atoms with van der Waals surface area (Å²) >= 11 is 0. The molecule has 0 heterocycles. The van der Waals surface area contributed by atoms with Crippen LogP contribution in [0.25, 0.3) is 11.1 Å². The molecule has 4 heteroatoms. The maximum atomic E-state index is 11.8. The molecule has 128 valence electrons. The SMILES string of the molecule is CCOC(=O)c1ccc(-c2ccc(OC)cc2C(C)(N)CC)cc1. The molecule has 1 unspecified atom stereocenters. The lowest BCUT2D eigenvalue weighted by Crippen LogP contribution is -2.32. The second kappa shape index (κ2) is 7.49. The van der Waals surface area contributed by atoms with Gasteiger partial charge < -0.3 is 15.2 Å². The van der Waals surface area contributed by atoms with Gasteiger partial charge in [0.15, 0.2) is 0 Å². The van der Waals surface area contributed by atoms with E-state index in [4.69, 9.17) is 15.2 Å². The Morgan fingerprint density at radius 3 is 2.33 bits per heavy atom. The van der Waals surface area contributed by atoms with Crippen LogP contribution in [0.4, 0.5) is 0 Å². The van der Waals surface area contributed by atoms with Gasteiger partial charge in [-0.25, -0.2) is 4.79 Å². The molecule has 0 fully saturated rings. The summed E-state index contributed by atoms with van der Waals surface area (Å²) in [4.78, 5) is 11.8. The molecule has 0 spiro atoms. The van der Waals surface area contributed by atoms with Crippen LogP contribution in [0.5, 0.6) is 5.75 Å². The summed E-state index contributed by atoms with van der Waals surface area (Å²) in [5, 5.41) is 0. The van der Waals surface area contributed by atoms with Crippen LogP contribution in [0, 0.1) is 0 Å². The molecule has 0 amide bonds. The molecule has 4 nitrogen and oxygen atoms in total. The normalized spacial score (nSPS) is 13.2. The Hall–Kier alpha value is -2.33. The number of nitrogens with two attached hydrogens (primary N) is 1. The van der Waals surface area contributed by atoms with Crippen molar-refractivity contribution in [1.29, 1.82) is 0 Å². The Bertz CT molecular complexity index is 705. The second-order valence-corrected chi connectivity index (χ2v) is 5.98. The highest BCUT2D eigenvalue weighted by Crippen LogP contribution is 2.35. The number of esters is 1. The predicted molar refractivity (Wildman–Crippen MR) is 96.2 cm³/mol. The van der Waals surface area contributed by atoms with Crippen molar-refractivity contribution >= 4 is 5.97 Å². The third kappa shape index (κ3) is 3.77. The molecule has 0 aromatic heterocycles. The highest BCUT2D eigenvalue weighted by atomic mass is 16.5. The van der Waals surface area contributed by atoms with Crippen LogP contribution < -0.4 is 10.5 Å². The van der Waals surface area contributed by atoms with E-state index in [0.29, 0.717) is 12.2 Å². The minimum atomic E-state index is -0.469. The molecular weight excluding hydrogens is 302 g/mol. The highest BCUT2D eigenvalue weighted by Gasteiger charge is 2.23. The van der Waals surface area contributed by atoms with Crippen molar-refractivity contribution in [2.24, 2.45) is 5.73 Å². The van der Waals surface area contributed by atoms with Gasteiger partial charge in [0.05, 0.1) is 19.3 Å². The van der Waals surface area contributed by atoms with Crippen LogP contribution >= 0.6 is 0 Å². The standard InChI is InChI=1S/C20H25NO3/c1-5-20(3,21)18-13-16(23-4)11-12-17(18)14-7-9-15(10-8-14)19(22)24-6-2/h7-13H,5-6,21H2,1-4H3. The Kier molecular flexibility index (Phi) is 5.62. The summed E-state index contributed by atoms with van der Waals surface area (Å²) in [5.74, 6) is 0.471. The lowest BCUT2D eigenvalue weighted by atomic mass is 9.84. The first kappa shape index (κ1) is 18.0. The number of carbonyl (C=O) groups excluding carboxylic acids is 1. The maximum absolute atomic E-state index is 11.8. The van der Waals surface area contributed by atoms with Gasteiger partial charge in [0.1, 0.15) is 5.75 Å². The molecule has 2 aromatic carbocycles. The minimum Gasteiger partial charge on any atom is -0.497 e. The van der Waals surface area contributed by atoms with Gasteiger partial charge in [-0.15, -0.1) is 0 Å². The van der Waals surface area contributed by atoms with Crippen LogP contribution in [0.3, 0.4) is 0 Å². The summed E-state index contributed by atoms with van der Waals surface area (Å²) in [6.07, 6.45) is 0.800. The quantitative estimate of drug-likeness (QED) is 0.811. The van der Waals surface area contributed by atoms with Gasteiger partial charge in [0, 0.05) is 5.54 Å². The molecule has 1 atom stereocenters. The Morgan fingerprint density at radius 2 is 1.79 bits per heavy atom. The molecule has 2 aromatic rings. The zero-order valence-electron chi connectivity index (χ0n) is 14.8. The molecule has 2 N–H and O–H groups in total. The lowest BCUT2D eigenvalue weighted by molar-refractivity contribution is 0.0526. The largest absolute Gasteiger partial charge is 0.497 e. The van der Waals surface area contributed by atoms with E-state index in [2.05, 4.69) is 6.92 Å². The van der Waals surface area contributed by atoms with Gasteiger partial charge in [-0.3, -0.25) is 0 Å². The summed E-state index contributed by atoms with van der Waals surface area (Å²) in [5.41, 5.74) is 9.63. The van der Waals surface area contributed by atoms with E-state index in [1.807, 2.05) is 37.3 Å². The van der Waals surface area contributed by atoms with Gasteiger partial charge in [-0.2, -0.15) is 0 Å². The Balaban J connectivity index is 2.46. The minimum absolute atomic E-state index is 0.309. The number of rotatable bonds is 6. The topological polar surface area (TPSA) is 61.5 Å². The van der Waals surface area contributed by atoms with E-state index in [1.54, 1.807) is 26.2 Å². The summed E-state index contributed by atoms with van der Waals surface area (Å²) in [6.45, 7) is 6.24. The van der Waals surface area contributed by atoms with Crippen molar-refractivity contribution < 1.29 is 14.3 Å². The molecule has 0 aliphatic carbocycles. The van der Waals surface area contributed by atoms with Crippen LogP contribution in [0.1, 0.15) is 43.1 Å². The van der Waals surface area contributed by atoms with E-state index in [9.17, 15) is 4.79 Å². The van der Waals surface area contributed by atoms with Crippen LogP contribution in [0.15, 0.2) is 42.5 Å². The zero-order valence-corrected chi connectivity index (χ0v) is 14.8. The third-order valence-corrected chi connectivity index (χ3v) is 4.28. The van der Waals surface area contributed by atoms with Crippen LogP contribution in [-0.4, -0.2) is 19.7 Å². The number of hydrogen-bond donors (Lipinski definition) is 1. The van der Waals surface area contributed by atoms with Gasteiger partial charge in [0.25, 0.3) is 0 Å². The first-order chi connectivity index (χ1) is 11.4. The van der Waals surface area contributed by atoms with E-state index in [0.717, 1.165) is 28.9 Å². The molecular formula is C20H25NO3. The summed E-state index contributed by atoms with van der Waals surface area (Å²) in [6, 6.07) is 13.3. The molecule has 0 saturated carbocycles. The third-order valence-electron chi connectivity index (χ3n) is 4.28. The fourth-order valence-electron chi connectivity index (χ4n) is 2.57. The molecule has 24 heavy (non-hydrogen) atoms. The molecule has 0 aliphatic heterocycles. The van der Waals surface area contributed by atoms with Gasteiger partial charge in [-0.1, -0.05) is 25.1 Å². The van der Waals surface area contributed by atoms with Crippen molar-refractivity contribution in [1.82, 2.24) is 0 Å². The second-order valence-electron chi connectivity index (χ2n) is 5.98. The lowest BCUT2D eigenvalue weighted by Gasteiger charge is -2.27. The molecule has 0 saturated heterocycles. The number of methoxy groups -OCH3 is 1. The molecule has 2 rings (SSSR count). The monoisotopic (exact) mass is 327 g/mol. The van der Waals surface area contributed by atoms with E-state index in [1.165, 1.54) is 0 Å². The van der Waals surface area contributed by atoms with Crippen molar-refractivity contribution in [3.05, 3.63) is 53.6 Å². The Labute approximate surface area is 143 Å². The average molecular weight is 327 g/mol. The number of ether oxygens (including phenoxy) is 2. The molecule has 0 bridgehead atoms. The van der Waals surface area contributed by atoms with Crippen molar-refractivity contribution in [2.45, 2.75) is 32.7 Å². The number of hydrogen-bond acceptors (Lipinski definition) is 4. The zero-order chi connectivity index (χ0) is 17.7. The highest BCUT2D eigenvalue weighted by molar-refractivity contribution is 5.90. The van der Waals surface area contributed by atoms with Crippen molar-refractivity contribution in [3.63, 3.8) is 0 Å². The van der Waals surface area contributed by atoms with Crippen LogP contribution in [-0.2, 0) is 10.3 Å². The Morgan fingerprint density at radius 1 is 1.12 bits per heavy atom. The van der Waals surface area contributed by atoms with Gasteiger partial charge >= 0.3 is 5.97 Å². The average Bonchev–Trinajstić information content (AvgIpc) is 2.61. The van der Waals surface area contributed by atoms with E-state index < -0.39 is 5.54 Å². The number of carbonyl (C=O) groups is 1. The van der Waals surface area contributed by atoms with E-state index >= 15 is 0 Å². The number of benzene rings is 2. The summed E-state index contributed by atoms with van der Waals surface area (Å²) in [7, 11) is 1.65. The molecule has 0 aliphatic rings. The predicted octanol–water partition coefficient (Wildman–Crippen LogP) is 4.12. The van der Waals surface area contributed by atoms with Crippen LogP contribution in [0.2, 0.25) is 0 Å². The fourth-order valence-corrected chi connectivity index (χ4v) is 2.57. The van der Waals surface area contributed by atoms with Gasteiger partial charge in [0.2, 0.25) is 0 Å². The fraction of sp³-hybridized carbons (Fsp3) is 0.350. The first-order valence-electron chi connectivity index (χ1n) is 8.18. The molecule has 0 radical (unpaired) electrons. The van der Waals surface area contributed by atoms with Gasteiger partial charge in [-0.05, 0) is 61.2 Å². The smallest absolute Gasteiger partial charge is 0.338 e. The maximum Gasteiger partial charge on any atom is 0.338 e.